The molecule has 29 heavy (non-hydrogen) atoms. The van der Waals surface area contributed by atoms with Gasteiger partial charge in [0.05, 0.1) is 12.8 Å². The smallest absolute Gasteiger partial charge is 0.225 e. The Kier molecular flexibility index (Phi) is 12.7. The molecular formula is C19H40IN5O3S. The van der Waals surface area contributed by atoms with Crippen LogP contribution in [0.15, 0.2) is 4.99 Å². The number of guanidine groups is 1. The summed E-state index contributed by atoms with van der Waals surface area (Å²) < 4.78 is 25.6. The predicted molar refractivity (Wildman–Crippen MR) is 130 cm³/mol. The van der Waals surface area contributed by atoms with Crippen LogP contribution >= 0.6 is 24.0 Å². The molecule has 0 radical (unpaired) electrons. The predicted octanol–water partition coefficient (Wildman–Crippen LogP) is 1.91. The molecule has 1 fully saturated rings. The number of nitrogens with zero attached hydrogens (tertiary/aromatic N) is 2. The summed E-state index contributed by atoms with van der Waals surface area (Å²) in [7, 11) is -3.29. The van der Waals surface area contributed by atoms with Gasteiger partial charge in [-0.15, -0.1) is 24.0 Å². The first-order valence-electron chi connectivity index (χ1n) is 10.3. The highest BCUT2D eigenvalue weighted by atomic mass is 127. The van der Waals surface area contributed by atoms with Crippen LogP contribution < -0.4 is 15.4 Å². The molecule has 1 aliphatic rings. The van der Waals surface area contributed by atoms with Gasteiger partial charge in [-0.25, -0.2) is 13.1 Å². The lowest BCUT2D eigenvalue weighted by Gasteiger charge is -2.35. The van der Waals surface area contributed by atoms with E-state index in [4.69, 9.17) is 0 Å². The van der Waals surface area contributed by atoms with Crippen molar-refractivity contribution in [2.75, 3.05) is 32.4 Å². The number of piperidine rings is 1. The molecule has 172 valence electrons. The zero-order valence-electron chi connectivity index (χ0n) is 18.7. The van der Waals surface area contributed by atoms with Gasteiger partial charge >= 0.3 is 0 Å². The van der Waals surface area contributed by atoms with Gasteiger partial charge in [0.2, 0.25) is 15.9 Å². The maximum atomic E-state index is 12.5. The summed E-state index contributed by atoms with van der Waals surface area (Å²) in [5.74, 6) is 1.08. The van der Waals surface area contributed by atoms with Gasteiger partial charge in [0.25, 0.3) is 0 Å². The van der Waals surface area contributed by atoms with E-state index < -0.39 is 15.6 Å². The Bertz CT molecular complexity index is 628. The van der Waals surface area contributed by atoms with Crippen molar-refractivity contribution in [2.45, 2.75) is 71.9 Å². The molecule has 0 spiro atoms. The van der Waals surface area contributed by atoms with Crippen LogP contribution in [-0.4, -0.2) is 69.2 Å². The average molecular weight is 546 g/mol. The second kappa shape index (κ2) is 12.9. The van der Waals surface area contributed by atoms with Gasteiger partial charge in [-0.2, -0.15) is 0 Å². The number of hydrogen-bond donors (Lipinski definition) is 3. The van der Waals surface area contributed by atoms with E-state index >= 15 is 0 Å². The molecule has 1 rings (SSSR count). The van der Waals surface area contributed by atoms with Crippen molar-refractivity contribution >= 4 is 45.9 Å². The van der Waals surface area contributed by atoms with Crippen molar-refractivity contribution in [3.05, 3.63) is 0 Å². The first-order valence-corrected chi connectivity index (χ1v) is 12.2. The van der Waals surface area contributed by atoms with Crippen LogP contribution in [0, 0.1) is 5.92 Å². The Morgan fingerprint density at radius 1 is 1.17 bits per heavy atom. The van der Waals surface area contributed by atoms with E-state index in [2.05, 4.69) is 34.2 Å². The van der Waals surface area contributed by atoms with Crippen molar-refractivity contribution in [1.29, 1.82) is 0 Å². The molecule has 1 amide bonds. The molecule has 1 heterocycles. The molecular weight excluding hydrogens is 505 g/mol. The molecule has 0 saturated carbocycles. The quantitative estimate of drug-likeness (QED) is 0.234. The molecule has 10 heteroatoms. The lowest BCUT2D eigenvalue weighted by molar-refractivity contribution is -0.136. The van der Waals surface area contributed by atoms with Gasteiger partial charge < -0.3 is 15.5 Å². The summed E-state index contributed by atoms with van der Waals surface area (Å²) in [6, 6.07) is 0.245. The molecule has 0 aromatic rings. The van der Waals surface area contributed by atoms with Gasteiger partial charge in [0, 0.05) is 37.1 Å². The standard InChI is InChI=1S/C19H39N5O3S.HI/c1-7-15(8-2)17(25)24-12-10-16(11-13-24)22-18(20-9-3)21-14-19(4,5)23-28(6,26)27;/h15-16,23H,7-14H2,1-6H3,(H2,20,21,22);1H. The van der Waals surface area contributed by atoms with E-state index in [-0.39, 0.29) is 41.8 Å². The number of amides is 1. The van der Waals surface area contributed by atoms with Gasteiger partial charge in [-0.1, -0.05) is 13.8 Å². The Labute approximate surface area is 194 Å². The van der Waals surface area contributed by atoms with E-state index in [1.807, 2.05) is 25.7 Å². The zero-order valence-corrected chi connectivity index (χ0v) is 21.9. The molecule has 0 aliphatic carbocycles. The Morgan fingerprint density at radius 3 is 2.17 bits per heavy atom. The second-order valence-corrected chi connectivity index (χ2v) is 9.96. The molecule has 0 aromatic heterocycles. The van der Waals surface area contributed by atoms with Crippen molar-refractivity contribution in [1.82, 2.24) is 20.3 Å². The van der Waals surface area contributed by atoms with Crippen molar-refractivity contribution in [3.8, 4) is 0 Å². The molecule has 0 unspecified atom stereocenters. The molecule has 1 saturated heterocycles. The molecule has 0 aromatic carbocycles. The number of halogens is 1. The van der Waals surface area contributed by atoms with Crippen LogP contribution in [0.25, 0.3) is 0 Å². The fourth-order valence-electron chi connectivity index (χ4n) is 3.46. The van der Waals surface area contributed by atoms with Gasteiger partial charge in [0.1, 0.15) is 0 Å². The number of carbonyl (C=O) groups excluding carboxylic acids is 1. The van der Waals surface area contributed by atoms with Crippen molar-refractivity contribution in [2.24, 2.45) is 10.9 Å². The monoisotopic (exact) mass is 545 g/mol. The van der Waals surface area contributed by atoms with E-state index in [0.717, 1.165) is 51.6 Å². The van der Waals surface area contributed by atoms with Gasteiger partial charge in [0.15, 0.2) is 5.96 Å². The first kappa shape index (κ1) is 28.4. The van der Waals surface area contributed by atoms with E-state index in [1.54, 1.807) is 0 Å². The van der Waals surface area contributed by atoms with Crippen LogP contribution in [0.4, 0.5) is 0 Å². The SMILES string of the molecule is CCNC(=NCC(C)(C)NS(C)(=O)=O)NC1CCN(C(=O)C(CC)CC)CC1.I. The normalized spacial score (nSPS) is 16.5. The van der Waals surface area contributed by atoms with Crippen LogP contribution in [0.5, 0.6) is 0 Å². The molecule has 8 nitrogen and oxygen atoms in total. The number of carbonyl (C=O) groups is 1. The third-order valence-corrected chi connectivity index (χ3v) is 5.84. The summed E-state index contributed by atoms with van der Waals surface area (Å²) in [5.41, 5.74) is -0.666. The third-order valence-electron chi connectivity index (χ3n) is 4.92. The summed E-state index contributed by atoms with van der Waals surface area (Å²) >= 11 is 0. The van der Waals surface area contributed by atoms with E-state index in [0.29, 0.717) is 12.5 Å². The van der Waals surface area contributed by atoms with E-state index in [1.165, 1.54) is 0 Å². The topological polar surface area (TPSA) is 103 Å². The molecule has 0 atom stereocenters. The highest BCUT2D eigenvalue weighted by Crippen LogP contribution is 2.17. The number of aliphatic imine (C=N–C) groups is 1. The van der Waals surface area contributed by atoms with Gasteiger partial charge in [-0.3, -0.25) is 9.79 Å². The first-order chi connectivity index (χ1) is 13.0. The van der Waals surface area contributed by atoms with E-state index in [9.17, 15) is 13.2 Å². The lowest BCUT2D eigenvalue weighted by Crippen LogP contribution is -2.51. The fraction of sp³-hybridized carbons (Fsp3) is 0.895. The van der Waals surface area contributed by atoms with Crippen LogP contribution in [0.1, 0.15) is 60.3 Å². The summed E-state index contributed by atoms with van der Waals surface area (Å²) in [4.78, 5) is 19.1. The zero-order chi connectivity index (χ0) is 21.4. The second-order valence-electron chi connectivity index (χ2n) is 8.21. The minimum absolute atomic E-state index is 0. The van der Waals surface area contributed by atoms with Gasteiger partial charge in [-0.05, 0) is 46.5 Å². The van der Waals surface area contributed by atoms with Crippen LogP contribution in [0.3, 0.4) is 0 Å². The Balaban J connectivity index is 0.00000784. The van der Waals surface area contributed by atoms with Crippen LogP contribution in [0.2, 0.25) is 0 Å². The largest absolute Gasteiger partial charge is 0.357 e. The maximum Gasteiger partial charge on any atom is 0.225 e. The van der Waals surface area contributed by atoms with Crippen molar-refractivity contribution < 1.29 is 13.2 Å². The van der Waals surface area contributed by atoms with Crippen LogP contribution in [-0.2, 0) is 14.8 Å². The fourth-order valence-corrected chi connectivity index (χ4v) is 4.53. The number of sulfonamides is 1. The molecule has 3 N–H and O–H groups in total. The number of likely N-dealkylation sites (tertiary alicyclic amines) is 1. The summed E-state index contributed by atoms with van der Waals surface area (Å²) in [6.45, 7) is 12.3. The number of rotatable bonds is 9. The number of hydrogen-bond acceptors (Lipinski definition) is 4. The summed E-state index contributed by atoms with van der Waals surface area (Å²) in [6.07, 6.45) is 4.69. The van der Waals surface area contributed by atoms with Crippen molar-refractivity contribution in [3.63, 3.8) is 0 Å². The Hall–Kier alpha value is -0.620. The lowest BCUT2D eigenvalue weighted by atomic mass is 9.98. The molecule has 1 aliphatic heterocycles. The average Bonchev–Trinajstić information content (AvgIpc) is 2.59. The minimum atomic E-state index is -3.29. The maximum absolute atomic E-state index is 12.5. The highest BCUT2D eigenvalue weighted by Gasteiger charge is 2.27. The minimum Gasteiger partial charge on any atom is -0.357 e. The Morgan fingerprint density at radius 2 is 1.72 bits per heavy atom. The molecule has 0 bridgehead atoms. The highest BCUT2D eigenvalue weighted by molar-refractivity contribution is 14.0. The third kappa shape index (κ3) is 10.8. The number of nitrogens with one attached hydrogen (secondary N) is 3. The summed E-state index contributed by atoms with van der Waals surface area (Å²) in [5, 5.41) is 6.65.